The molecule has 6 nitrogen and oxygen atoms in total. The van der Waals surface area contributed by atoms with E-state index in [0.29, 0.717) is 10.9 Å². The van der Waals surface area contributed by atoms with Crippen molar-refractivity contribution in [2.75, 3.05) is 18.6 Å². The highest BCUT2D eigenvalue weighted by Crippen LogP contribution is 2.26. The van der Waals surface area contributed by atoms with E-state index < -0.39 is 20.6 Å². The summed E-state index contributed by atoms with van der Waals surface area (Å²) in [6.07, 6.45) is 2.59. The number of rotatable bonds is 7. The summed E-state index contributed by atoms with van der Waals surface area (Å²) < 4.78 is 26.9. The van der Waals surface area contributed by atoms with E-state index in [2.05, 4.69) is 20.7 Å². The summed E-state index contributed by atoms with van der Waals surface area (Å²) in [7, 11) is -3.87. The van der Waals surface area contributed by atoms with Crippen molar-refractivity contribution in [3.63, 3.8) is 0 Å². The number of sulfonamides is 1. The van der Waals surface area contributed by atoms with Crippen LogP contribution in [0.25, 0.3) is 0 Å². The molecule has 0 heterocycles. The van der Waals surface area contributed by atoms with Gasteiger partial charge in [0.15, 0.2) is 4.90 Å². The standard InChI is InChI=1S/C10H13BrN2O4S2/c1-18-6-2-5-12-19(16,17)10-7-8(11)3-4-9(10)13(14)15/h3-4,7,12H,2,5-6H2,1H3. The topological polar surface area (TPSA) is 89.3 Å². The van der Waals surface area contributed by atoms with Crippen LogP contribution in [-0.4, -0.2) is 31.9 Å². The lowest BCUT2D eigenvalue weighted by Gasteiger charge is -2.07. The van der Waals surface area contributed by atoms with E-state index in [4.69, 9.17) is 0 Å². The van der Waals surface area contributed by atoms with Crippen LogP contribution < -0.4 is 4.72 Å². The Balaban J connectivity index is 3.00. The van der Waals surface area contributed by atoms with Crippen LogP contribution in [0.3, 0.4) is 0 Å². The SMILES string of the molecule is CSCCCNS(=O)(=O)c1cc(Br)ccc1[N+](=O)[O-]. The van der Waals surface area contributed by atoms with E-state index in [9.17, 15) is 18.5 Å². The minimum absolute atomic E-state index is 0.257. The molecule has 0 fully saturated rings. The average molecular weight is 369 g/mol. The zero-order chi connectivity index (χ0) is 14.5. The highest BCUT2D eigenvalue weighted by atomic mass is 79.9. The maximum absolute atomic E-state index is 12.0. The van der Waals surface area contributed by atoms with Crippen LogP contribution >= 0.6 is 27.7 Å². The molecular weight excluding hydrogens is 356 g/mol. The number of hydrogen-bond acceptors (Lipinski definition) is 5. The van der Waals surface area contributed by atoms with Crippen LogP contribution in [0.15, 0.2) is 27.6 Å². The molecule has 0 spiro atoms. The maximum Gasteiger partial charge on any atom is 0.289 e. The molecule has 9 heteroatoms. The molecule has 1 aromatic rings. The van der Waals surface area contributed by atoms with Crippen molar-refractivity contribution in [1.29, 1.82) is 0 Å². The van der Waals surface area contributed by atoms with E-state index in [1.807, 2.05) is 6.26 Å². The number of halogens is 1. The Bertz CT molecular complexity index is 563. The molecule has 0 aliphatic heterocycles. The van der Waals surface area contributed by atoms with Crippen molar-refractivity contribution in [1.82, 2.24) is 4.72 Å². The maximum atomic E-state index is 12.0. The molecule has 0 atom stereocenters. The molecule has 1 N–H and O–H groups in total. The molecule has 0 saturated carbocycles. The zero-order valence-corrected chi connectivity index (χ0v) is 13.3. The summed E-state index contributed by atoms with van der Waals surface area (Å²) in [6, 6.07) is 3.83. The first kappa shape index (κ1) is 16.4. The molecule has 0 aromatic heterocycles. The largest absolute Gasteiger partial charge is 0.289 e. The van der Waals surface area contributed by atoms with Gasteiger partial charge in [0.2, 0.25) is 10.0 Å². The molecule has 0 aliphatic carbocycles. The number of nitrogens with one attached hydrogen (secondary N) is 1. The molecule has 0 aliphatic rings. The number of nitro groups is 1. The third kappa shape index (κ3) is 4.75. The van der Waals surface area contributed by atoms with Gasteiger partial charge >= 0.3 is 0 Å². The zero-order valence-electron chi connectivity index (χ0n) is 10.1. The Hall–Kier alpha value is -0.640. The molecule has 0 bridgehead atoms. The van der Waals surface area contributed by atoms with Crippen LogP contribution in [0, 0.1) is 10.1 Å². The highest BCUT2D eigenvalue weighted by Gasteiger charge is 2.25. The Morgan fingerprint density at radius 3 is 2.74 bits per heavy atom. The second kappa shape index (κ2) is 7.22. The quantitative estimate of drug-likeness (QED) is 0.453. The molecule has 0 radical (unpaired) electrons. The molecule has 106 valence electrons. The molecule has 0 unspecified atom stereocenters. The van der Waals surface area contributed by atoms with Gasteiger partial charge in [-0.15, -0.1) is 0 Å². The van der Waals surface area contributed by atoms with Crippen LogP contribution in [0.4, 0.5) is 5.69 Å². The first-order valence-electron chi connectivity index (χ1n) is 5.31. The van der Waals surface area contributed by atoms with Gasteiger partial charge in [0.1, 0.15) is 0 Å². The normalized spacial score (nSPS) is 11.5. The lowest BCUT2D eigenvalue weighted by molar-refractivity contribution is -0.387. The lowest BCUT2D eigenvalue weighted by atomic mass is 10.3. The molecule has 1 aromatic carbocycles. The number of nitrogens with zero attached hydrogens (tertiary/aromatic N) is 1. The molecule has 19 heavy (non-hydrogen) atoms. The van der Waals surface area contributed by atoms with Crippen molar-refractivity contribution in [2.24, 2.45) is 0 Å². The van der Waals surface area contributed by atoms with Gasteiger partial charge in [-0.25, -0.2) is 13.1 Å². The summed E-state index contributed by atoms with van der Waals surface area (Å²) in [5.41, 5.74) is -0.430. The summed E-state index contributed by atoms with van der Waals surface area (Å²) in [5.74, 6) is 0.823. The Morgan fingerprint density at radius 2 is 2.16 bits per heavy atom. The predicted molar refractivity (Wildman–Crippen MR) is 79.0 cm³/mol. The minimum Gasteiger partial charge on any atom is -0.258 e. The third-order valence-corrected chi connectivity index (χ3v) is 4.91. The third-order valence-electron chi connectivity index (χ3n) is 2.23. The van der Waals surface area contributed by atoms with E-state index in [-0.39, 0.29) is 11.4 Å². The van der Waals surface area contributed by atoms with Gasteiger partial charge in [-0.1, -0.05) is 15.9 Å². The van der Waals surface area contributed by atoms with Crippen molar-refractivity contribution in [2.45, 2.75) is 11.3 Å². The monoisotopic (exact) mass is 368 g/mol. The van der Waals surface area contributed by atoms with E-state index in [1.165, 1.54) is 18.2 Å². The first-order chi connectivity index (χ1) is 8.88. The molecule has 0 amide bonds. The Labute approximate surface area is 124 Å². The number of thioether (sulfide) groups is 1. The molecular formula is C10H13BrN2O4S2. The first-order valence-corrected chi connectivity index (χ1v) is 8.98. The Morgan fingerprint density at radius 1 is 1.47 bits per heavy atom. The van der Waals surface area contributed by atoms with Gasteiger partial charge < -0.3 is 0 Å². The van der Waals surface area contributed by atoms with Gasteiger partial charge in [-0.05, 0) is 30.6 Å². The predicted octanol–water partition coefficient (Wildman–Crippen LogP) is 2.39. The summed E-state index contributed by atoms with van der Waals surface area (Å²) >= 11 is 4.72. The molecule has 1 rings (SSSR count). The van der Waals surface area contributed by atoms with Crippen LogP contribution in [0.2, 0.25) is 0 Å². The van der Waals surface area contributed by atoms with Gasteiger partial charge in [0.25, 0.3) is 5.69 Å². The number of hydrogen-bond donors (Lipinski definition) is 1. The van der Waals surface area contributed by atoms with Crippen molar-refractivity contribution >= 4 is 43.4 Å². The van der Waals surface area contributed by atoms with Crippen molar-refractivity contribution in [3.05, 3.63) is 32.8 Å². The van der Waals surface area contributed by atoms with Crippen molar-refractivity contribution in [3.8, 4) is 0 Å². The average Bonchev–Trinajstić information content (AvgIpc) is 2.34. The Kier molecular flexibility index (Phi) is 6.24. The number of benzene rings is 1. The lowest BCUT2D eigenvalue weighted by Crippen LogP contribution is -2.25. The fraction of sp³-hybridized carbons (Fsp3) is 0.400. The second-order valence-electron chi connectivity index (χ2n) is 3.61. The van der Waals surface area contributed by atoms with Crippen LogP contribution in [-0.2, 0) is 10.0 Å². The van der Waals surface area contributed by atoms with Gasteiger partial charge in [0, 0.05) is 17.1 Å². The number of nitro benzene ring substituents is 1. The smallest absolute Gasteiger partial charge is 0.258 e. The van der Waals surface area contributed by atoms with E-state index in [1.54, 1.807) is 11.8 Å². The fourth-order valence-electron chi connectivity index (χ4n) is 1.35. The van der Waals surface area contributed by atoms with Crippen LogP contribution in [0.1, 0.15) is 6.42 Å². The van der Waals surface area contributed by atoms with Gasteiger partial charge in [-0.3, -0.25) is 10.1 Å². The van der Waals surface area contributed by atoms with Crippen molar-refractivity contribution < 1.29 is 13.3 Å². The summed E-state index contributed by atoms with van der Waals surface area (Å²) in [4.78, 5) is 9.82. The second-order valence-corrected chi connectivity index (χ2v) is 7.25. The summed E-state index contributed by atoms with van der Waals surface area (Å²) in [6.45, 7) is 0.257. The summed E-state index contributed by atoms with van der Waals surface area (Å²) in [5, 5.41) is 10.9. The van der Waals surface area contributed by atoms with Gasteiger partial charge in [-0.2, -0.15) is 11.8 Å². The van der Waals surface area contributed by atoms with E-state index >= 15 is 0 Å². The highest BCUT2D eigenvalue weighted by molar-refractivity contribution is 9.10. The molecule has 0 saturated heterocycles. The fourth-order valence-corrected chi connectivity index (χ4v) is 3.57. The van der Waals surface area contributed by atoms with Gasteiger partial charge in [0.05, 0.1) is 4.92 Å². The van der Waals surface area contributed by atoms with Crippen LogP contribution in [0.5, 0.6) is 0 Å². The minimum atomic E-state index is -3.87. The van der Waals surface area contributed by atoms with E-state index in [0.717, 1.165) is 5.75 Å².